The normalized spacial score (nSPS) is 11.0. The first-order chi connectivity index (χ1) is 13.5. The van der Waals surface area contributed by atoms with Crippen molar-refractivity contribution in [2.24, 2.45) is 5.10 Å². The maximum absolute atomic E-state index is 11.9. The number of carbonyl (C=O) groups excluding carboxylic acids is 1. The first kappa shape index (κ1) is 22.4. The van der Waals surface area contributed by atoms with Gasteiger partial charge in [0, 0.05) is 0 Å². The fraction of sp³-hybridized carbons (Fsp3) is 0.412. The van der Waals surface area contributed by atoms with Gasteiger partial charge in [0.15, 0.2) is 15.8 Å². The zero-order chi connectivity index (χ0) is 20.4. The van der Waals surface area contributed by atoms with Crippen molar-refractivity contribution in [1.29, 1.82) is 0 Å². The summed E-state index contributed by atoms with van der Waals surface area (Å²) in [6.45, 7) is 2.78. The maximum Gasteiger partial charge on any atom is 0.250 e. The molecule has 8 nitrogen and oxygen atoms in total. The first-order valence-corrected chi connectivity index (χ1v) is 11.2. The van der Waals surface area contributed by atoms with Crippen LogP contribution in [0.1, 0.15) is 31.7 Å². The van der Waals surface area contributed by atoms with Crippen LogP contribution in [0.3, 0.4) is 0 Å². The molecule has 2 rings (SSSR count). The van der Waals surface area contributed by atoms with Crippen molar-refractivity contribution in [3.05, 3.63) is 22.2 Å². The number of thioether (sulfide) groups is 1. The molecule has 1 aromatic carbocycles. The van der Waals surface area contributed by atoms with Gasteiger partial charge >= 0.3 is 0 Å². The topological polar surface area (TPSA) is 112 Å². The molecule has 0 aliphatic carbocycles. The van der Waals surface area contributed by atoms with E-state index in [1.54, 1.807) is 19.4 Å². The van der Waals surface area contributed by atoms with Gasteiger partial charge in [-0.25, -0.2) is 5.43 Å². The standard InChI is InChI=1S/C17H22BrN5O3S2/c1-3-4-5-6-26-15-12(18)7-11(8-13(15)25-2)9-20-21-14(24)10-27-17-23-22-16(19)28-17/h7-9H,3-6,10H2,1-2H3,(H2,19,22)(H,21,24). The predicted octanol–water partition coefficient (Wildman–Crippen LogP) is 3.70. The van der Waals surface area contributed by atoms with E-state index in [2.05, 4.69) is 43.6 Å². The molecule has 0 saturated heterocycles. The highest BCUT2D eigenvalue weighted by Gasteiger charge is 2.11. The van der Waals surface area contributed by atoms with Crippen molar-refractivity contribution in [2.45, 2.75) is 30.5 Å². The van der Waals surface area contributed by atoms with Crippen molar-refractivity contribution in [1.82, 2.24) is 15.6 Å². The number of rotatable bonds is 11. The molecule has 1 heterocycles. The number of carbonyl (C=O) groups is 1. The summed E-state index contributed by atoms with van der Waals surface area (Å²) in [6.07, 6.45) is 4.79. The molecule has 3 N–H and O–H groups in total. The van der Waals surface area contributed by atoms with Crippen LogP contribution in [0.25, 0.3) is 0 Å². The number of nitrogen functional groups attached to an aromatic ring is 1. The average Bonchev–Trinajstić information content (AvgIpc) is 3.09. The van der Waals surface area contributed by atoms with E-state index in [1.807, 2.05) is 6.07 Å². The number of nitrogens with two attached hydrogens (primary N) is 1. The predicted molar refractivity (Wildman–Crippen MR) is 116 cm³/mol. The number of hydrogen-bond donors (Lipinski definition) is 2. The minimum absolute atomic E-state index is 0.170. The summed E-state index contributed by atoms with van der Waals surface area (Å²) in [5.41, 5.74) is 8.74. The van der Waals surface area contributed by atoms with Gasteiger partial charge in [0.25, 0.3) is 5.91 Å². The number of hydrogen-bond acceptors (Lipinski definition) is 9. The molecule has 1 aromatic heterocycles. The molecule has 11 heteroatoms. The molecule has 0 atom stereocenters. The zero-order valence-corrected chi connectivity index (χ0v) is 18.8. The second kappa shape index (κ2) is 11.9. The van der Waals surface area contributed by atoms with Gasteiger partial charge in [-0.05, 0) is 40.0 Å². The van der Waals surface area contributed by atoms with Crippen LogP contribution < -0.4 is 20.6 Å². The van der Waals surface area contributed by atoms with Crippen LogP contribution in [0.5, 0.6) is 11.5 Å². The van der Waals surface area contributed by atoms with Crippen molar-refractivity contribution in [3.63, 3.8) is 0 Å². The van der Waals surface area contributed by atoms with Crippen LogP contribution in [0.15, 0.2) is 26.0 Å². The quantitative estimate of drug-likeness (QED) is 0.215. The van der Waals surface area contributed by atoms with Gasteiger partial charge in [0.05, 0.1) is 30.2 Å². The Morgan fingerprint density at radius 3 is 2.93 bits per heavy atom. The summed E-state index contributed by atoms with van der Waals surface area (Å²) in [6, 6.07) is 3.65. The van der Waals surface area contributed by atoms with Crippen molar-refractivity contribution < 1.29 is 14.3 Å². The van der Waals surface area contributed by atoms with Gasteiger partial charge in [0.1, 0.15) is 0 Å². The molecule has 0 spiro atoms. The van der Waals surface area contributed by atoms with Gasteiger partial charge in [0.2, 0.25) is 5.13 Å². The number of benzene rings is 1. The Balaban J connectivity index is 1.89. The number of anilines is 1. The third-order valence-electron chi connectivity index (χ3n) is 3.40. The monoisotopic (exact) mass is 487 g/mol. The van der Waals surface area contributed by atoms with Crippen LogP contribution >= 0.6 is 39.0 Å². The fourth-order valence-electron chi connectivity index (χ4n) is 2.10. The zero-order valence-electron chi connectivity index (χ0n) is 15.6. The van der Waals surface area contributed by atoms with E-state index in [0.29, 0.717) is 27.6 Å². The van der Waals surface area contributed by atoms with Crippen LogP contribution in [0.2, 0.25) is 0 Å². The summed E-state index contributed by atoms with van der Waals surface area (Å²) >= 11 is 5.99. The molecule has 0 bridgehead atoms. The summed E-state index contributed by atoms with van der Waals surface area (Å²) in [7, 11) is 1.58. The average molecular weight is 488 g/mol. The van der Waals surface area contributed by atoms with Crippen LogP contribution in [0.4, 0.5) is 5.13 Å². The van der Waals surface area contributed by atoms with Crippen molar-refractivity contribution in [2.75, 3.05) is 25.2 Å². The molecule has 0 aliphatic rings. The Kier molecular flexibility index (Phi) is 9.51. The van der Waals surface area contributed by atoms with Gasteiger partial charge < -0.3 is 15.2 Å². The number of nitrogens with zero attached hydrogens (tertiary/aromatic N) is 3. The summed E-state index contributed by atoms with van der Waals surface area (Å²) < 4.78 is 12.6. The number of hydrazone groups is 1. The number of ether oxygens (including phenoxy) is 2. The van der Waals surface area contributed by atoms with Gasteiger partial charge in [-0.15, -0.1) is 10.2 Å². The molecule has 0 fully saturated rings. The maximum atomic E-state index is 11.9. The first-order valence-electron chi connectivity index (χ1n) is 8.57. The van der Waals surface area contributed by atoms with Crippen LogP contribution in [-0.2, 0) is 4.79 Å². The Labute approximate surface area is 180 Å². The SMILES string of the molecule is CCCCCOc1c(Br)cc(C=NNC(=O)CSc2nnc(N)s2)cc1OC. The summed E-state index contributed by atoms with van der Waals surface area (Å²) in [4.78, 5) is 11.9. The lowest BCUT2D eigenvalue weighted by atomic mass is 10.2. The molecule has 0 radical (unpaired) electrons. The molecule has 0 unspecified atom stereocenters. The minimum Gasteiger partial charge on any atom is -0.493 e. The largest absolute Gasteiger partial charge is 0.493 e. The summed E-state index contributed by atoms with van der Waals surface area (Å²) in [5, 5.41) is 11.9. The highest BCUT2D eigenvalue weighted by Crippen LogP contribution is 2.36. The van der Waals surface area contributed by atoms with Crippen LogP contribution in [0, 0.1) is 0 Å². The second-order valence-electron chi connectivity index (χ2n) is 5.58. The highest BCUT2D eigenvalue weighted by atomic mass is 79.9. The number of unbranched alkanes of at least 4 members (excludes halogenated alkanes) is 2. The van der Waals surface area contributed by atoms with E-state index in [4.69, 9.17) is 15.2 Å². The molecule has 1 amide bonds. The number of amides is 1. The lowest BCUT2D eigenvalue weighted by molar-refractivity contribution is -0.118. The Hall–Kier alpha value is -1.85. The van der Waals surface area contributed by atoms with E-state index in [9.17, 15) is 4.79 Å². The van der Waals surface area contributed by atoms with Crippen LogP contribution in [-0.4, -0.2) is 41.8 Å². The van der Waals surface area contributed by atoms with E-state index in [0.717, 1.165) is 29.3 Å². The third kappa shape index (κ3) is 7.28. The van der Waals surface area contributed by atoms with Gasteiger partial charge in [-0.2, -0.15) is 5.10 Å². The van der Waals surface area contributed by atoms with E-state index in [1.165, 1.54) is 23.1 Å². The molecule has 152 valence electrons. The smallest absolute Gasteiger partial charge is 0.250 e. The second-order valence-corrected chi connectivity index (χ2v) is 8.66. The van der Waals surface area contributed by atoms with Gasteiger partial charge in [-0.1, -0.05) is 42.9 Å². The van der Waals surface area contributed by atoms with E-state index >= 15 is 0 Å². The Morgan fingerprint density at radius 2 is 2.25 bits per heavy atom. The Bertz CT molecular complexity index is 816. The number of aromatic nitrogens is 2. The Morgan fingerprint density at radius 1 is 1.43 bits per heavy atom. The fourth-order valence-corrected chi connectivity index (χ4v) is 4.10. The number of nitrogens with one attached hydrogen (secondary N) is 1. The lowest BCUT2D eigenvalue weighted by Crippen LogP contribution is -2.19. The van der Waals surface area contributed by atoms with Crippen molar-refractivity contribution >= 4 is 56.3 Å². The number of halogens is 1. The number of methoxy groups -OCH3 is 1. The van der Waals surface area contributed by atoms with Crippen molar-refractivity contribution in [3.8, 4) is 11.5 Å². The molecular weight excluding hydrogens is 466 g/mol. The van der Waals surface area contributed by atoms with E-state index < -0.39 is 0 Å². The lowest BCUT2D eigenvalue weighted by Gasteiger charge is -2.13. The summed E-state index contributed by atoms with van der Waals surface area (Å²) in [5.74, 6) is 1.18. The third-order valence-corrected chi connectivity index (χ3v) is 5.87. The molecule has 2 aromatic rings. The molecule has 0 saturated carbocycles. The molecule has 0 aliphatic heterocycles. The minimum atomic E-state index is -0.253. The van der Waals surface area contributed by atoms with E-state index in [-0.39, 0.29) is 11.7 Å². The highest BCUT2D eigenvalue weighted by molar-refractivity contribution is 9.10. The molecular formula is C17H22BrN5O3S2. The molecule has 28 heavy (non-hydrogen) atoms. The van der Waals surface area contributed by atoms with Gasteiger partial charge in [-0.3, -0.25) is 4.79 Å².